The Bertz CT molecular complexity index is 258. The van der Waals surface area contributed by atoms with Gasteiger partial charge < -0.3 is 9.67 Å². The predicted octanol–water partition coefficient (Wildman–Crippen LogP) is 1.69. The number of hydrogen-bond acceptors (Lipinski definition) is 2. The monoisotopic (exact) mass is 168 g/mol. The van der Waals surface area contributed by atoms with Crippen LogP contribution in [0.25, 0.3) is 0 Å². The summed E-state index contributed by atoms with van der Waals surface area (Å²) in [7, 11) is 0. The molecule has 0 bridgehead atoms. The van der Waals surface area contributed by atoms with Gasteiger partial charge in [0, 0.05) is 6.04 Å². The molecule has 0 aromatic carbocycles. The van der Waals surface area contributed by atoms with Crippen molar-refractivity contribution in [3.63, 3.8) is 0 Å². The van der Waals surface area contributed by atoms with Gasteiger partial charge in [-0.15, -0.1) is 0 Å². The van der Waals surface area contributed by atoms with Crippen LogP contribution in [0.3, 0.4) is 0 Å². The van der Waals surface area contributed by atoms with Crippen molar-refractivity contribution in [1.29, 1.82) is 0 Å². The molecule has 12 heavy (non-hydrogen) atoms. The molecule has 0 unspecified atom stereocenters. The third-order valence-electron chi connectivity index (χ3n) is 1.85. The Hall–Kier alpha value is -0.830. The molecule has 0 saturated carbocycles. The van der Waals surface area contributed by atoms with Gasteiger partial charge in [0.2, 0.25) is 0 Å². The third-order valence-corrected chi connectivity index (χ3v) is 1.85. The van der Waals surface area contributed by atoms with Crippen LogP contribution in [-0.4, -0.2) is 14.7 Å². The smallest absolute Gasteiger partial charge is 0.101 e. The standard InChI is InChI=1S/C9H16N2O/c1-7(2)11-6-10-5-8(11)9(3,4)12/h5-7,12H,1-4H3. The zero-order valence-corrected chi connectivity index (χ0v) is 8.07. The lowest BCUT2D eigenvalue weighted by molar-refractivity contribution is 0.0686. The Morgan fingerprint density at radius 1 is 1.50 bits per heavy atom. The lowest BCUT2D eigenvalue weighted by Crippen LogP contribution is -2.21. The van der Waals surface area contributed by atoms with Gasteiger partial charge in [-0.1, -0.05) is 0 Å². The van der Waals surface area contributed by atoms with Gasteiger partial charge in [-0.2, -0.15) is 0 Å². The van der Waals surface area contributed by atoms with Crippen molar-refractivity contribution >= 4 is 0 Å². The van der Waals surface area contributed by atoms with Crippen LogP contribution in [-0.2, 0) is 5.60 Å². The zero-order valence-electron chi connectivity index (χ0n) is 8.07. The molecule has 3 nitrogen and oxygen atoms in total. The molecule has 0 aliphatic rings. The molecule has 0 fully saturated rings. The van der Waals surface area contributed by atoms with Crippen LogP contribution >= 0.6 is 0 Å². The van der Waals surface area contributed by atoms with Gasteiger partial charge in [0.05, 0.1) is 18.2 Å². The highest BCUT2D eigenvalue weighted by molar-refractivity contribution is 5.08. The van der Waals surface area contributed by atoms with E-state index in [9.17, 15) is 5.11 Å². The highest BCUT2D eigenvalue weighted by Crippen LogP contribution is 2.21. The summed E-state index contributed by atoms with van der Waals surface area (Å²) in [5, 5.41) is 9.75. The molecular weight excluding hydrogens is 152 g/mol. The molecule has 1 aromatic heterocycles. The fraction of sp³-hybridized carbons (Fsp3) is 0.667. The van der Waals surface area contributed by atoms with E-state index >= 15 is 0 Å². The number of imidazole rings is 1. The molecule has 0 aliphatic carbocycles. The lowest BCUT2D eigenvalue weighted by atomic mass is 10.1. The van der Waals surface area contributed by atoms with Gasteiger partial charge in [-0.25, -0.2) is 4.98 Å². The first kappa shape index (κ1) is 9.26. The first-order chi connectivity index (χ1) is 5.43. The maximum Gasteiger partial charge on any atom is 0.101 e. The van der Waals surface area contributed by atoms with Gasteiger partial charge in [0.15, 0.2) is 0 Å². The molecule has 0 amide bonds. The average Bonchev–Trinajstić information content (AvgIpc) is 2.30. The second-order valence-corrected chi connectivity index (χ2v) is 3.84. The Balaban J connectivity index is 3.08. The zero-order chi connectivity index (χ0) is 9.35. The van der Waals surface area contributed by atoms with E-state index < -0.39 is 5.60 Å². The Kier molecular flexibility index (Phi) is 2.24. The molecule has 3 heteroatoms. The predicted molar refractivity (Wildman–Crippen MR) is 47.9 cm³/mol. The van der Waals surface area contributed by atoms with E-state index in [1.54, 1.807) is 26.4 Å². The topological polar surface area (TPSA) is 38.0 Å². The molecule has 0 radical (unpaired) electrons. The van der Waals surface area contributed by atoms with Crippen LogP contribution in [0.5, 0.6) is 0 Å². The van der Waals surface area contributed by atoms with Crippen LogP contribution in [0.4, 0.5) is 0 Å². The van der Waals surface area contributed by atoms with Crippen molar-refractivity contribution in [3.05, 3.63) is 18.2 Å². The largest absolute Gasteiger partial charge is 0.384 e. The number of aromatic nitrogens is 2. The molecular formula is C9H16N2O. The van der Waals surface area contributed by atoms with Gasteiger partial charge in [0.1, 0.15) is 5.60 Å². The Morgan fingerprint density at radius 3 is 2.42 bits per heavy atom. The van der Waals surface area contributed by atoms with Crippen molar-refractivity contribution < 1.29 is 5.11 Å². The van der Waals surface area contributed by atoms with E-state index in [-0.39, 0.29) is 0 Å². The minimum atomic E-state index is -0.805. The molecule has 0 atom stereocenters. The van der Waals surface area contributed by atoms with Crippen molar-refractivity contribution in [2.45, 2.75) is 39.3 Å². The fourth-order valence-electron chi connectivity index (χ4n) is 1.19. The van der Waals surface area contributed by atoms with E-state index in [2.05, 4.69) is 18.8 Å². The fourth-order valence-corrected chi connectivity index (χ4v) is 1.19. The summed E-state index contributed by atoms with van der Waals surface area (Å²) in [6.45, 7) is 7.67. The Morgan fingerprint density at radius 2 is 2.08 bits per heavy atom. The van der Waals surface area contributed by atoms with Gasteiger partial charge in [0.25, 0.3) is 0 Å². The van der Waals surface area contributed by atoms with E-state index in [4.69, 9.17) is 0 Å². The first-order valence-corrected chi connectivity index (χ1v) is 4.17. The maximum absolute atomic E-state index is 9.75. The highest BCUT2D eigenvalue weighted by atomic mass is 16.3. The second-order valence-electron chi connectivity index (χ2n) is 3.84. The summed E-state index contributed by atoms with van der Waals surface area (Å²) in [6.07, 6.45) is 3.46. The number of hydrogen-bond donors (Lipinski definition) is 1. The SMILES string of the molecule is CC(C)n1cncc1C(C)(C)O. The number of nitrogens with zero attached hydrogens (tertiary/aromatic N) is 2. The van der Waals surface area contributed by atoms with Crippen molar-refractivity contribution in [2.75, 3.05) is 0 Å². The van der Waals surface area contributed by atoms with Gasteiger partial charge in [-0.3, -0.25) is 0 Å². The summed E-state index contributed by atoms with van der Waals surface area (Å²) < 4.78 is 1.97. The van der Waals surface area contributed by atoms with Crippen LogP contribution in [0.15, 0.2) is 12.5 Å². The molecule has 1 N–H and O–H groups in total. The summed E-state index contributed by atoms with van der Waals surface area (Å²) in [6, 6.07) is 0.342. The quantitative estimate of drug-likeness (QED) is 0.729. The maximum atomic E-state index is 9.75. The second kappa shape index (κ2) is 2.90. The first-order valence-electron chi connectivity index (χ1n) is 4.17. The number of rotatable bonds is 2. The van der Waals surface area contributed by atoms with Crippen molar-refractivity contribution in [1.82, 2.24) is 9.55 Å². The van der Waals surface area contributed by atoms with E-state index in [1.165, 1.54) is 0 Å². The van der Waals surface area contributed by atoms with Crippen LogP contribution in [0.1, 0.15) is 39.4 Å². The minimum absolute atomic E-state index is 0.342. The van der Waals surface area contributed by atoms with Crippen molar-refractivity contribution in [2.24, 2.45) is 0 Å². The minimum Gasteiger partial charge on any atom is -0.384 e. The molecule has 0 saturated heterocycles. The Labute approximate surface area is 73.1 Å². The molecule has 1 aromatic rings. The number of aliphatic hydroxyl groups is 1. The van der Waals surface area contributed by atoms with Gasteiger partial charge >= 0.3 is 0 Å². The van der Waals surface area contributed by atoms with Crippen LogP contribution < -0.4 is 0 Å². The van der Waals surface area contributed by atoms with E-state index in [0.717, 1.165) is 5.69 Å². The third kappa shape index (κ3) is 1.67. The van der Waals surface area contributed by atoms with Crippen LogP contribution in [0, 0.1) is 0 Å². The van der Waals surface area contributed by atoms with Crippen LogP contribution in [0.2, 0.25) is 0 Å². The summed E-state index contributed by atoms with van der Waals surface area (Å²) in [5.74, 6) is 0. The lowest BCUT2D eigenvalue weighted by Gasteiger charge is -2.21. The molecule has 68 valence electrons. The summed E-state index contributed by atoms with van der Waals surface area (Å²) >= 11 is 0. The van der Waals surface area contributed by atoms with Gasteiger partial charge in [-0.05, 0) is 27.7 Å². The van der Waals surface area contributed by atoms with E-state index in [1.807, 2.05) is 4.57 Å². The van der Waals surface area contributed by atoms with E-state index in [0.29, 0.717) is 6.04 Å². The van der Waals surface area contributed by atoms with Crippen molar-refractivity contribution in [3.8, 4) is 0 Å². The highest BCUT2D eigenvalue weighted by Gasteiger charge is 2.21. The molecule has 1 heterocycles. The normalized spacial score (nSPS) is 12.5. The molecule has 0 aliphatic heterocycles. The molecule has 0 spiro atoms. The summed E-state index contributed by atoms with van der Waals surface area (Å²) in [5.41, 5.74) is 0.0540. The molecule has 1 rings (SSSR count). The average molecular weight is 168 g/mol. The summed E-state index contributed by atoms with van der Waals surface area (Å²) in [4.78, 5) is 4.01.